The number of hydrogen-bond donors (Lipinski definition) is 1. The van der Waals surface area contributed by atoms with Crippen molar-refractivity contribution in [3.63, 3.8) is 0 Å². The van der Waals surface area contributed by atoms with Crippen LogP contribution in [0.15, 0.2) is 47.4 Å². The lowest BCUT2D eigenvalue weighted by molar-refractivity contribution is 0.402. The fraction of sp³-hybridized carbons (Fsp3) is 0.250. The van der Waals surface area contributed by atoms with Gasteiger partial charge in [0, 0.05) is 12.2 Å². The minimum Gasteiger partial charge on any atom is -0.495 e. The van der Waals surface area contributed by atoms with Crippen LogP contribution in [0.1, 0.15) is 12.0 Å². The molecule has 0 bridgehead atoms. The van der Waals surface area contributed by atoms with Crippen LogP contribution < -0.4 is 14.8 Å². The lowest BCUT2D eigenvalue weighted by Crippen LogP contribution is -2.35. The Morgan fingerprint density at radius 3 is 2.73 bits per heavy atom. The molecule has 0 saturated heterocycles. The van der Waals surface area contributed by atoms with Crippen molar-refractivity contribution in [3.8, 4) is 5.75 Å². The Kier molecular flexibility index (Phi) is 3.70. The van der Waals surface area contributed by atoms with Crippen LogP contribution in [0.5, 0.6) is 5.75 Å². The molecule has 6 heteroatoms. The van der Waals surface area contributed by atoms with Crippen LogP contribution in [-0.4, -0.2) is 22.1 Å². The van der Waals surface area contributed by atoms with Gasteiger partial charge in [-0.15, -0.1) is 0 Å². The quantitative estimate of drug-likeness (QED) is 0.882. The number of nitrogens with two attached hydrogens (primary N) is 1. The highest BCUT2D eigenvalue weighted by Crippen LogP contribution is 2.35. The average Bonchev–Trinajstić information content (AvgIpc) is 2.54. The predicted molar refractivity (Wildman–Crippen MR) is 86.7 cm³/mol. The van der Waals surface area contributed by atoms with E-state index in [9.17, 15) is 8.42 Å². The maximum atomic E-state index is 13.1. The lowest BCUT2D eigenvalue weighted by atomic mass is 10.0. The summed E-state index contributed by atoms with van der Waals surface area (Å²) in [5, 5.41) is 0. The Hall–Kier alpha value is -2.21. The van der Waals surface area contributed by atoms with Crippen molar-refractivity contribution in [2.24, 2.45) is 0 Å². The van der Waals surface area contributed by atoms with Crippen LogP contribution in [-0.2, 0) is 16.4 Å². The number of sulfonamides is 1. The third kappa shape index (κ3) is 2.39. The zero-order chi connectivity index (χ0) is 15.7. The van der Waals surface area contributed by atoms with E-state index < -0.39 is 10.0 Å². The summed E-state index contributed by atoms with van der Waals surface area (Å²) in [5.41, 5.74) is 7.93. The minimum absolute atomic E-state index is 0.103. The first-order valence-electron chi connectivity index (χ1n) is 7.08. The fourth-order valence-corrected chi connectivity index (χ4v) is 4.50. The summed E-state index contributed by atoms with van der Waals surface area (Å²) in [5.74, 6) is 0.303. The minimum atomic E-state index is -3.71. The number of hydrogen-bond acceptors (Lipinski definition) is 4. The molecule has 1 aliphatic heterocycles. The largest absolute Gasteiger partial charge is 0.495 e. The number of fused-ring (bicyclic) bond motifs is 1. The molecule has 0 amide bonds. The number of para-hydroxylation sites is 1. The van der Waals surface area contributed by atoms with Crippen molar-refractivity contribution in [2.75, 3.05) is 23.7 Å². The van der Waals surface area contributed by atoms with Crippen molar-refractivity contribution in [3.05, 3.63) is 48.0 Å². The molecule has 3 rings (SSSR count). The Morgan fingerprint density at radius 1 is 1.18 bits per heavy atom. The number of rotatable bonds is 3. The van der Waals surface area contributed by atoms with Gasteiger partial charge in [-0.3, -0.25) is 4.31 Å². The molecule has 0 fully saturated rings. The SMILES string of the molecule is COc1ccc(N)cc1S(=O)(=O)N1CCCc2ccccc21. The number of methoxy groups -OCH3 is 1. The van der Waals surface area contributed by atoms with Crippen LogP contribution in [0.2, 0.25) is 0 Å². The van der Waals surface area contributed by atoms with E-state index in [4.69, 9.17) is 10.5 Å². The maximum absolute atomic E-state index is 13.1. The molecule has 0 radical (unpaired) electrons. The van der Waals surface area contributed by atoms with Gasteiger partial charge in [-0.1, -0.05) is 18.2 Å². The van der Waals surface area contributed by atoms with Crippen LogP contribution in [0.4, 0.5) is 11.4 Å². The highest BCUT2D eigenvalue weighted by atomic mass is 32.2. The molecule has 0 aliphatic carbocycles. The molecule has 2 aromatic rings. The summed E-state index contributed by atoms with van der Waals surface area (Å²) >= 11 is 0. The topological polar surface area (TPSA) is 72.6 Å². The normalized spacial score (nSPS) is 14.5. The Balaban J connectivity index is 2.14. The molecule has 0 atom stereocenters. The highest BCUT2D eigenvalue weighted by Gasteiger charge is 2.31. The molecule has 0 aromatic heterocycles. The van der Waals surface area contributed by atoms with Gasteiger partial charge in [0.15, 0.2) is 0 Å². The number of nitrogens with zero attached hydrogens (tertiary/aromatic N) is 1. The summed E-state index contributed by atoms with van der Waals surface area (Å²) in [6.07, 6.45) is 1.68. The smallest absolute Gasteiger partial charge is 0.268 e. The van der Waals surface area contributed by atoms with E-state index in [-0.39, 0.29) is 4.90 Å². The van der Waals surface area contributed by atoms with Gasteiger partial charge < -0.3 is 10.5 Å². The van der Waals surface area contributed by atoms with E-state index in [1.165, 1.54) is 17.5 Å². The number of aryl methyl sites for hydroxylation is 1. The number of ether oxygens (including phenoxy) is 1. The van der Waals surface area contributed by atoms with Crippen molar-refractivity contribution in [1.29, 1.82) is 0 Å². The monoisotopic (exact) mass is 318 g/mol. The molecular formula is C16H18N2O3S. The van der Waals surface area contributed by atoms with Crippen LogP contribution >= 0.6 is 0 Å². The van der Waals surface area contributed by atoms with Gasteiger partial charge >= 0.3 is 0 Å². The fourth-order valence-electron chi connectivity index (χ4n) is 2.76. The van der Waals surface area contributed by atoms with E-state index in [1.807, 2.05) is 24.3 Å². The molecule has 1 aliphatic rings. The molecule has 2 N–H and O–H groups in total. The van der Waals surface area contributed by atoms with Crippen molar-refractivity contribution in [2.45, 2.75) is 17.7 Å². The van der Waals surface area contributed by atoms with E-state index in [0.717, 1.165) is 24.1 Å². The molecule has 2 aromatic carbocycles. The van der Waals surface area contributed by atoms with Crippen LogP contribution in [0.25, 0.3) is 0 Å². The third-order valence-electron chi connectivity index (χ3n) is 3.82. The van der Waals surface area contributed by atoms with E-state index >= 15 is 0 Å². The van der Waals surface area contributed by atoms with Crippen LogP contribution in [0, 0.1) is 0 Å². The Bertz CT molecular complexity index is 803. The van der Waals surface area contributed by atoms with E-state index in [0.29, 0.717) is 18.0 Å². The zero-order valence-electron chi connectivity index (χ0n) is 12.3. The second-order valence-corrected chi connectivity index (χ2v) is 7.05. The predicted octanol–water partition coefficient (Wildman–Crippen LogP) is 2.42. The highest BCUT2D eigenvalue weighted by molar-refractivity contribution is 7.93. The lowest BCUT2D eigenvalue weighted by Gasteiger charge is -2.30. The second-order valence-electron chi connectivity index (χ2n) is 5.22. The van der Waals surface area contributed by atoms with Gasteiger partial charge in [0.2, 0.25) is 0 Å². The average molecular weight is 318 g/mol. The third-order valence-corrected chi connectivity index (χ3v) is 5.66. The number of anilines is 2. The van der Waals surface area contributed by atoms with Crippen molar-refractivity contribution < 1.29 is 13.2 Å². The molecule has 0 spiro atoms. The molecule has 1 heterocycles. The van der Waals surface area contributed by atoms with Crippen molar-refractivity contribution in [1.82, 2.24) is 0 Å². The second kappa shape index (κ2) is 5.53. The first-order valence-corrected chi connectivity index (χ1v) is 8.52. The molecule has 22 heavy (non-hydrogen) atoms. The number of benzene rings is 2. The molecule has 0 saturated carbocycles. The first-order chi connectivity index (χ1) is 10.5. The Labute approximate surface area is 130 Å². The van der Waals surface area contributed by atoms with E-state index in [1.54, 1.807) is 12.1 Å². The van der Waals surface area contributed by atoms with E-state index in [2.05, 4.69) is 0 Å². The molecule has 116 valence electrons. The van der Waals surface area contributed by atoms with Gasteiger partial charge in [0.05, 0.1) is 12.8 Å². The maximum Gasteiger partial charge on any atom is 0.268 e. The number of nitrogen functional groups attached to an aromatic ring is 1. The van der Waals surface area contributed by atoms with Gasteiger partial charge in [-0.05, 0) is 42.7 Å². The Morgan fingerprint density at radius 2 is 1.95 bits per heavy atom. The summed E-state index contributed by atoms with van der Waals surface area (Å²) in [6.45, 7) is 0.456. The molecule has 5 nitrogen and oxygen atoms in total. The standard InChI is InChI=1S/C16H18N2O3S/c1-21-15-9-8-13(17)11-16(15)22(19,20)18-10-4-6-12-5-2-3-7-14(12)18/h2-3,5,7-9,11H,4,6,10,17H2,1H3. The first kappa shape index (κ1) is 14.7. The van der Waals surface area contributed by atoms with Crippen molar-refractivity contribution >= 4 is 21.4 Å². The zero-order valence-corrected chi connectivity index (χ0v) is 13.1. The summed E-state index contributed by atoms with van der Waals surface area (Å²) < 4.78 is 32.8. The molecular weight excluding hydrogens is 300 g/mol. The van der Waals surface area contributed by atoms with Gasteiger partial charge in [-0.25, -0.2) is 8.42 Å². The van der Waals surface area contributed by atoms with Gasteiger partial charge in [0.25, 0.3) is 10.0 Å². The summed E-state index contributed by atoms with van der Waals surface area (Å²) in [4.78, 5) is 0.103. The summed E-state index contributed by atoms with van der Waals surface area (Å²) in [7, 11) is -2.26. The van der Waals surface area contributed by atoms with Crippen LogP contribution in [0.3, 0.4) is 0 Å². The van der Waals surface area contributed by atoms with Gasteiger partial charge in [0.1, 0.15) is 10.6 Å². The molecule has 0 unspecified atom stereocenters. The van der Waals surface area contributed by atoms with Gasteiger partial charge in [-0.2, -0.15) is 0 Å². The summed E-state index contributed by atoms with van der Waals surface area (Å²) in [6, 6.07) is 12.2.